The Morgan fingerprint density at radius 3 is 1.45 bits per heavy atom. The molecule has 0 saturated carbocycles. The van der Waals surface area contributed by atoms with Gasteiger partial charge in [0, 0.05) is 43.0 Å². The van der Waals surface area contributed by atoms with Crippen LogP contribution in [0.25, 0.3) is 11.1 Å². The van der Waals surface area contributed by atoms with Crippen LogP contribution in [0.4, 0.5) is 29.3 Å². The number of alkyl carbamates (subject to hydrolysis) is 2. The van der Waals surface area contributed by atoms with Crippen LogP contribution in [0.3, 0.4) is 0 Å². The van der Waals surface area contributed by atoms with Gasteiger partial charge in [-0.1, -0.05) is 35.9 Å². The lowest BCUT2D eigenvalue weighted by molar-refractivity contribution is 0.0536. The zero-order valence-electron chi connectivity index (χ0n) is 39.0. The monoisotopic (exact) mass is 909 g/mol. The number of hydrogen-bond donors (Lipinski definition) is 3. The Labute approximate surface area is 379 Å². The molecule has 2 aromatic carbocycles. The van der Waals surface area contributed by atoms with Crippen molar-refractivity contribution in [2.75, 3.05) is 31.5 Å². The highest BCUT2D eigenvalue weighted by atomic mass is 35.5. The molecule has 18 heteroatoms. The van der Waals surface area contributed by atoms with E-state index in [2.05, 4.69) is 25.9 Å². The molecule has 0 bridgehead atoms. The molecule has 64 heavy (non-hydrogen) atoms. The number of nitrogens with one attached hydrogen (secondary N) is 3. The van der Waals surface area contributed by atoms with Crippen LogP contribution >= 0.6 is 11.6 Å². The minimum Gasteiger partial charge on any atom is -0.444 e. The summed E-state index contributed by atoms with van der Waals surface area (Å²) in [5.41, 5.74) is 0.533. The van der Waals surface area contributed by atoms with Crippen molar-refractivity contribution in [1.82, 2.24) is 20.4 Å². The average molecular weight is 910 g/mol. The number of anilines is 1. The molecule has 4 rings (SSSR count). The zero-order chi connectivity index (χ0) is 47.9. The van der Waals surface area contributed by atoms with Crippen molar-refractivity contribution < 1.29 is 47.3 Å². The molecule has 2 aliphatic rings. The Morgan fingerprint density at radius 2 is 1.06 bits per heavy atom. The molecule has 0 saturated heterocycles. The molecule has 0 fully saturated rings. The van der Waals surface area contributed by atoms with E-state index in [-0.39, 0.29) is 37.1 Å². The molecule has 2 aromatic rings. The summed E-state index contributed by atoms with van der Waals surface area (Å²) in [5.74, 6) is -1.23. The normalized spacial score (nSPS) is 15.4. The van der Waals surface area contributed by atoms with Gasteiger partial charge in [0.25, 0.3) is 5.91 Å². The number of carbonyl (C=O) groups excluding carboxylic acids is 5. The highest BCUT2D eigenvalue weighted by Crippen LogP contribution is 2.35. The number of aliphatic imine (C=N–C) groups is 2. The largest absolute Gasteiger partial charge is 0.444 e. The van der Waals surface area contributed by atoms with Crippen molar-refractivity contribution >= 4 is 70.6 Å². The lowest BCUT2D eigenvalue weighted by atomic mass is 9.96. The predicted octanol–water partition coefficient (Wildman–Crippen LogP) is 9.85. The van der Waals surface area contributed by atoms with Gasteiger partial charge in [0.1, 0.15) is 28.2 Å². The zero-order valence-corrected chi connectivity index (χ0v) is 39.8. The molecule has 2 aliphatic heterocycles. The lowest BCUT2D eigenvalue weighted by Crippen LogP contribution is -2.48. The van der Waals surface area contributed by atoms with Gasteiger partial charge >= 0.3 is 24.4 Å². The van der Waals surface area contributed by atoms with Crippen molar-refractivity contribution in [2.45, 2.75) is 125 Å². The molecule has 0 unspecified atom stereocenters. The number of guanidine groups is 2. The SMILES string of the molecule is Cc1c(NC(=O)c2ccc(C3=CCN(/C(=N\C(=O)OC(C)(C)C)NC(=O)OC(C)(C)C)CC3)c(F)c2)ccc(C2=CCN(/C(=N\C(=O)OC(C)(C)C)NC(=O)OC(C)(C)C)CC2)c1Cl. The fraction of sp³-hybridized carbons (Fsp3) is 0.500. The van der Waals surface area contributed by atoms with Gasteiger partial charge in [0.2, 0.25) is 11.9 Å². The Hall–Kier alpha value is -5.97. The van der Waals surface area contributed by atoms with Crippen LogP contribution in [0.5, 0.6) is 0 Å². The Morgan fingerprint density at radius 1 is 0.641 bits per heavy atom. The van der Waals surface area contributed by atoms with Gasteiger partial charge in [-0.25, -0.2) is 23.6 Å². The predicted molar refractivity (Wildman–Crippen MR) is 245 cm³/mol. The molecule has 0 spiro atoms. The molecule has 16 nitrogen and oxygen atoms in total. The molecule has 0 radical (unpaired) electrons. The maximum atomic E-state index is 15.7. The number of nitrogens with zero attached hydrogens (tertiary/aromatic N) is 4. The van der Waals surface area contributed by atoms with E-state index in [0.29, 0.717) is 46.8 Å². The minimum atomic E-state index is -0.897. The van der Waals surface area contributed by atoms with Crippen LogP contribution in [0.15, 0.2) is 52.5 Å². The summed E-state index contributed by atoms with van der Waals surface area (Å²) in [6, 6.07) is 7.75. The fourth-order valence-corrected chi connectivity index (χ4v) is 6.57. The van der Waals surface area contributed by atoms with Crippen molar-refractivity contribution in [3.63, 3.8) is 0 Å². The van der Waals surface area contributed by atoms with E-state index < -0.39 is 58.5 Å². The quantitative estimate of drug-likeness (QED) is 0.150. The second kappa shape index (κ2) is 20.2. The Kier molecular flexibility index (Phi) is 16.0. The minimum absolute atomic E-state index is 0.0175. The first-order valence-electron chi connectivity index (χ1n) is 20.9. The van der Waals surface area contributed by atoms with Crippen molar-refractivity contribution in [3.8, 4) is 0 Å². The summed E-state index contributed by atoms with van der Waals surface area (Å²) in [6.45, 7) is 23.4. The van der Waals surface area contributed by atoms with Gasteiger partial charge < -0.3 is 34.1 Å². The maximum absolute atomic E-state index is 15.7. The maximum Gasteiger partial charge on any atom is 0.437 e. The summed E-state index contributed by atoms with van der Waals surface area (Å²) in [6.07, 6.45) is 1.12. The summed E-state index contributed by atoms with van der Waals surface area (Å²) < 4.78 is 37.1. The highest BCUT2D eigenvalue weighted by molar-refractivity contribution is 6.33. The number of amides is 5. The third kappa shape index (κ3) is 15.7. The van der Waals surface area contributed by atoms with E-state index in [1.165, 1.54) is 18.2 Å². The number of ether oxygens (including phenoxy) is 4. The first kappa shape index (κ1) is 50.7. The highest BCUT2D eigenvalue weighted by Gasteiger charge is 2.28. The van der Waals surface area contributed by atoms with E-state index >= 15 is 4.39 Å². The van der Waals surface area contributed by atoms with Crippen LogP contribution in [-0.4, -0.2) is 101 Å². The van der Waals surface area contributed by atoms with Gasteiger partial charge in [0.15, 0.2) is 0 Å². The number of carbonyl (C=O) groups is 5. The van der Waals surface area contributed by atoms with Crippen LogP contribution in [0.1, 0.15) is 123 Å². The molecular weight excluding hydrogens is 849 g/mol. The van der Waals surface area contributed by atoms with Crippen molar-refractivity contribution in [3.05, 3.63) is 75.6 Å². The average Bonchev–Trinajstić information content (AvgIpc) is 3.13. The number of hydrogen-bond acceptors (Lipinski definition) is 9. The molecule has 0 aliphatic carbocycles. The standard InChI is InChI=1S/C46H61ClFN7O9/c1-27-34(17-16-32(35(27)47)29-20-24-55(25-21-29)38(52-41(59)63-45(8,9)10)53-42(60)64-46(11,12)13)49-36(56)30-14-15-31(33(48)26-30)28-18-22-54(23-19-28)37(50-39(57)61-43(2,3)4)51-40(58)62-44(5,6)7/h14-18,20,26H,19,21-25H2,1-13H3,(H,49,56)(H,50,51,57,58)(H,52,53,59,60). The van der Waals surface area contributed by atoms with Gasteiger partial charge in [-0.3, -0.25) is 15.4 Å². The van der Waals surface area contributed by atoms with Gasteiger partial charge in [-0.15, -0.1) is 9.98 Å². The van der Waals surface area contributed by atoms with Crippen LogP contribution < -0.4 is 16.0 Å². The summed E-state index contributed by atoms with van der Waals surface area (Å²) in [4.78, 5) is 75.4. The van der Waals surface area contributed by atoms with Crippen LogP contribution in [-0.2, 0) is 18.9 Å². The number of halogens is 2. The van der Waals surface area contributed by atoms with E-state index in [1.54, 1.807) is 118 Å². The topological polar surface area (TPSA) is 190 Å². The van der Waals surface area contributed by atoms with Crippen LogP contribution in [0.2, 0.25) is 5.02 Å². The van der Waals surface area contributed by atoms with Crippen molar-refractivity contribution in [2.24, 2.45) is 9.98 Å². The first-order chi connectivity index (χ1) is 29.5. The van der Waals surface area contributed by atoms with Crippen molar-refractivity contribution in [1.29, 1.82) is 0 Å². The van der Waals surface area contributed by atoms with Crippen LogP contribution in [0, 0.1) is 12.7 Å². The molecule has 0 atom stereocenters. The molecule has 0 aromatic heterocycles. The summed E-state index contributed by atoms with van der Waals surface area (Å²) in [7, 11) is 0. The number of rotatable bonds is 4. The molecular formula is C46H61ClFN7O9. The summed E-state index contributed by atoms with van der Waals surface area (Å²) >= 11 is 6.89. The second-order valence-electron chi connectivity index (χ2n) is 19.2. The number of benzene rings is 2. The Bertz CT molecular complexity index is 2260. The summed E-state index contributed by atoms with van der Waals surface area (Å²) in [5, 5.41) is 8.38. The first-order valence-corrected chi connectivity index (χ1v) is 21.3. The molecule has 348 valence electrons. The third-order valence-corrected chi connectivity index (χ3v) is 9.47. The smallest absolute Gasteiger partial charge is 0.437 e. The van der Waals surface area contributed by atoms with E-state index in [4.69, 9.17) is 30.5 Å². The van der Waals surface area contributed by atoms with E-state index in [1.807, 2.05) is 6.08 Å². The molecule has 2 heterocycles. The van der Waals surface area contributed by atoms with E-state index in [0.717, 1.165) is 11.1 Å². The van der Waals surface area contributed by atoms with Gasteiger partial charge in [-0.05, 0) is 143 Å². The van der Waals surface area contributed by atoms with Gasteiger partial charge in [-0.2, -0.15) is 0 Å². The lowest BCUT2D eigenvalue weighted by Gasteiger charge is -2.30. The molecule has 3 N–H and O–H groups in total. The Balaban J connectivity index is 1.46. The second-order valence-corrected chi connectivity index (χ2v) is 19.6. The fourth-order valence-electron chi connectivity index (χ4n) is 6.28. The van der Waals surface area contributed by atoms with E-state index in [9.17, 15) is 24.0 Å². The third-order valence-electron chi connectivity index (χ3n) is 8.98. The van der Waals surface area contributed by atoms with Gasteiger partial charge in [0.05, 0.1) is 5.02 Å². The molecule has 5 amide bonds.